The van der Waals surface area contributed by atoms with Crippen LogP contribution in [0.1, 0.15) is 0 Å². The Morgan fingerprint density at radius 2 is 0.765 bits per heavy atom. The van der Waals surface area contributed by atoms with E-state index in [1.165, 1.54) is 134 Å². The summed E-state index contributed by atoms with van der Waals surface area (Å²) in [5, 5.41) is 12.8. The molecule has 316 valence electrons. The molecule has 4 heteroatoms. The lowest BCUT2D eigenvalue weighted by Gasteiger charge is -2.11. The van der Waals surface area contributed by atoms with Gasteiger partial charge in [0.1, 0.15) is 0 Å². The molecule has 4 heterocycles. The Balaban J connectivity index is 0.950. The Hall–Kier alpha value is -8.28. The van der Waals surface area contributed by atoms with Crippen LogP contribution in [0.4, 0.5) is 0 Å². The third-order valence-corrected chi connectivity index (χ3v) is 16.7. The van der Waals surface area contributed by atoms with Gasteiger partial charge in [-0.1, -0.05) is 146 Å². The minimum absolute atomic E-state index is 1.15. The van der Waals surface area contributed by atoms with E-state index in [0.717, 1.165) is 5.69 Å². The van der Waals surface area contributed by atoms with Crippen LogP contribution in [0.2, 0.25) is 0 Å². The Kier molecular flexibility index (Phi) is 8.14. The summed E-state index contributed by atoms with van der Waals surface area (Å²) in [5.41, 5.74) is 14.5. The van der Waals surface area contributed by atoms with Gasteiger partial charge in [-0.25, -0.2) is 0 Å². The molecule has 11 aromatic carbocycles. The van der Waals surface area contributed by atoms with Crippen LogP contribution in [0.15, 0.2) is 231 Å². The van der Waals surface area contributed by atoms with Crippen molar-refractivity contribution in [3.8, 4) is 44.8 Å². The predicted octanol–water partition coefficient (Wildman–Crippen LogP) is 18.8. The molecule has 15 rings (SSSR count). The van der Waals surface area contributed by atoms with Gasteiger partial charge in [0.05, 0.1) is 32.5 Å². The van der Waals surface area contributed by atoms with Gasteiger partial charge < -0.3 is 9.13 Å². The van der Waals surface area contributed by atoms with Crippen molar-refractivity contribution in [1.29, 1.82) is 0 Å². The maximum Gasteiger partial charge on any atom is 0.0640 e. The monoisotopic (exact) mass is 898 g/mol. The zero-order valence-corrected chi connectivity index (χ0v) is 38.3. The van der Waals surface area contributed by atoms with Crippen molar-refractivity contribution in [3.63, 3.8) is 0 Å². The van der Waals surface area contributed by atoms with Crippen LogP contribution in [0.3, 0.4) is 0 Å². The third-order valence-electron chi connectivity index (χ3n) is 14.3. The van der Waals surface area contributed by atoms with Gasteiger partial charge in [-0.2, -0.15) is 0 Å². The smallest absolute Gasteiger partial charge is 0.0640 e. The molecule has 0 aliphatic heterocycles. The maximum absolute atomic E-state index is 2.51. The molecule has 0 bridgehead atoms. The SMILES string of the molecule is c1ccc(-c2ccc(-n3c4ccc(-c5ccc6c(c5)c5cc(-c7ccc8sc9ccccc9c8c7)ccc5n6-c5cccc6c5sc5ccccc56)cc4c4c5ccccc5ccc43)cc2)cc1. The standard InChI is InChI=1S/C64H38N2S2/c1-2-11-39(12-3-1)40-21-28-46(29-22-40)65-57-32-26-44(38-54(57)63-47-14-5-4-13-41(47)23-33-58(63)65)42-24-30-55-51(35-42)52-36-43(45-27-34-62-53(37-45)49-16-7-8-19-60(49)67-62)25-31-56(52)66(55)59-18-10-17-50-48-15-6-9-20-61(48)68-64(50)59/h1-38H. The van der Waals surface area contributed by atoms with E-state index in [-0.39, 0.29) is 0 Å². The van der Waals surface area contributed by atoms with Gasteiger partial charge in [0.25, 0.3) is 0 Å². The number of thiophene rings is 2. The molecular formula is C64H38N2S2. The number of hydrogen-bond acceptors (Lipinski definition) is 2. The summed E-state index contributed by atoms with van der Waals surface area (Å²) in [6.07, 6.45) is 0. The van der Waals surface area contributed by atoms with Crippen LogP contribution < -0.4 is 0 Å². The molecule has 0 amide bonds. The average Bonchev–Trinajstić information content (AvgIpc) is 4.16. The largest absolute Gasteiger partial charge is 0.309 e. The lowest BCUT2D eigenvalue weighted by Crippen LogP contribution is -1.94. The van der Waals surface area contributed by atoms with Crippen molar-refractivity contribution in [1.82, 2.24) is 9.13 Å². The molecular weight excluding hydrogens is 861 g/mol. The van der Waals surface area contributed by atoms with Crippen LogP contribution in [0.5, 0.6) is 0 Å². The summed E-state index contributed by atoms with van der Waals surface area (Å²) in [7, 11) is 0. The number of nitrogens with zero attached hydrogens (tertiary/aromatic N) is 2. The van der Waals surface area contributed by atoms with Gasteiger partial charge in [-0.05, 0) is 129 Å². The molecule has 0 fully saturated rings. The minimum Gasteiger partial charge on any atom is -0.309 e. The van der Waals surface area contributed by atoms with Crippen molar-refractivity contribution in [2.24, 2.45) is 0 Å². The predicted molar refractivity (Wildman–Crippen MR) is 295 cm³/mol. The molecule has 0 aliphatic rings. The highest BCUT2D eigenvalue weighted by atomic mass is 32.1. The first-order chi connectivity index (χ1) is 33.7. The van der Waals surface area contributed by atoms with Crippen LogP contribution >= 0.6 is 22.7 Å². The van der Waals surface area contributed by atoms with Crippen molar-refractivity contribution in [2.45, 2.75) is 0 Å². The summed E-state index contributed by atoms with van der Waals surface area (Å²) in [4.78, 5) is 0. The zero-order valence-electron chi connectivity index (χ0n) is 36.7. The van der Waals surface area contributed by atoms with Crippen LogP contribution in [0, 0.1) is 0 Å². The van der Waals surface area contributed by atoms with E-state index in [2.05, 4.69) is 240 Å². The summed E-state index contributed by atoms with van der Waals surface area (Å²) in [5.74, 6) is 0. The number of benzene rings is 11. The number of hydrogen-bond donors (Lipinski definition) is 0. The fourth-order valence-electron chi connectivity index (χ4n) is 11.1. The van der Waals surface area contributed by atoms with Crippen LogP contribution in [0.25, 0.3) is 139 Å². The van der Waals surface area contributed by atoms with Gasteiger partial charge in [0, 0.05) is 62.9 Å². The van der Waals surface area contributed by atoms with Crippen molar-refractivity contribution in [3.05, 3.63) is 231 Å². The molecule has 0 aliphatic carbocycles. The summed E-state index contributed by atoms with van der Waals surface area (Å²) in [6, 6.07) is 85.8. The zero-order chi connectivity index (χ0) is 44.5. The highest BCUT2D eigenvalue weighted by molar-refractivity contribution is 7.26. The van der Waals surface area contributed by atoms with E-state index in [1.54, 1.807) is 0 Å². The van der Waals surface area contributed by atoms with Gasteiger partial charge >= 0.3 is 0 Å². The Labute approximate surface area is 399 Å². The molecule has 15 aromatic rings. The number of aromatic nitrogens is 2. The second-order valence-electron chi connectivity index (χ2n) is 18.0. The molecule has 0 saturated heterocycles. The van der Waals surface area contributed by atoms with E-state index < -0.39 is 0 Å². The topological polar surface area (TPSA) is 9.86 Å². The molecule has 0 unspecified atom stereocenters. The Morgan fingerprint density at radius 3 is 1.49 bits per heavy atom. The number of fused-ring (bicyclic) bond motifs is 14. The van der Waals surface area contributed by atoms with Crippen LogP contribution in [-0.2, 0) is 0 Å². The van der Waals surface area contributed by atoms with Gasteiger partial charge in [-0.15, -0.1) is 22.7 Å². The molecule has 4 aromatic heterocycles. The lowest BCUT2D eigenvalue weighted by atomic mass is 9.98. The van der Waals surface area contributed by atoms with Gasteiger partial charge in [0.2, 0.25) is 0 Å². The van der Waals surface area contributed by atoms with Crippen molar-refractivity contribution < 1.29 is 0 Å². The first-order valence-corrected chi connectivity index (χ1v) is 24.9. The Morgan fingerprint density at radius 1 is 0.265 bits per heavy atom. The summed E-state index contributed by atoms with van der Waals surface area (Å²) < 4.78 is 10.2. The Bertz CT molecular complexity index is 4540. The first-order valence-electron chi connectivity index (χ1n) is 23.2. The molecule has 0 radical (unpaired) electrons. The van der Waals surface area contributed by atoms with E-state index in [1.807, 2.05) is 22.7 Å². The molecule has 0 spiro atoms. The molecule has 0 atom stereocenters. The second kappa shape index (κ2) is 14.6. The van der Waals surface area contributed by atoms with Crippen molar-refractivity contribution >= 4 is 117 Å². The third kappa shape index (κ3) is 5.62. The second-order valence-corrected chi connectivity index (χ2v) is 20.2. The van der Waals surface area contributed by atoms with Crippen LogP contribution in [-0.4, -0.2) is 9.13 Å². The molecule has 2 nitrogen and oxygen atoms in total. The molecule has 0 N–H and O–H groups in total. The summed E-state index contributed by atoms with van der Waals surface area (Å²) in [6.45, 7) is 0. The van der Waals surface area contributed by atoms with E-state index in [9.17, 15) is 0 Å². The molecule has 68 heavy (non-hydrogen) atoms. The fourth-order valence-corrected chi connectivity index (χ4v) is 13.4. The van der Waals surface area contributed by atoms with Gasteiger partial charge in [-0.3, -0.25) is 0 Å². The van der Waals surface area contributed by atoms with E-state index in [0.29, 0.717) is 0 Å². The lowest BCUT2D eigenvalue weighted by molar-refractivity contribution is 1.18. The molecule has 0 saturated carbocycles. The van der Waals surface area contributed by atoms with E-state index >= 15 is 0 Å². The maximum atomic E-state index is 2.51. The van der Waals surface area contributed by atoms with Gasteiger partial charge in [0.15, 0.2) is 0 Å². The highest BCUT2D eigenvalue weighted by Crippen LogP contribution is 2.45. The number of rotatable bonds is 5. The first kappa shape index (κ1) is 37.9. The average molecular weight is 899 g/mol. The van der Waals surface area contributed by atoms with Crippen molar-refractivity contribution in [2.75, 3.05) is 0 Å². The normalized spacial score (nSPS) is 12.1. The quantitative estimate of drug-likeness (QED) is 0.163. The van der Waals surface area contributed by atoms with E-state index in [4.69, 9.17) is 0 Å². The fraction of sp³-hybridized carbons (Fsp3) is 0. The highest BCUT2D eigenvalue weighted by Gasteiger charge is 2.20. The summed E-state index contributed by atoms with van der Waals surface area (Å²) >= 11 is 3.76. The minimum atomic E-state index is 1.15.